The fourth-order valence-corrected chi connectivity index (χ4v) is 2.37. The lowest BCUT2D eigenvalue weighted by molar-refractivity contribution is 0.0491. The molecule has 0 radical (unpaired) electrons. The van der Waals surface area contributed by atoms with Crippen LogP contribution in [0.2, 0.25) is 0 Å². The predicted molar refractivity (Wildman–Crippen MR) is 79.1 cm³/mol. The molecule has 1 fully saturated rings. The molecule has 2 heterocycles. The van der Waals surface area contributed by atoms with Gasteiger partial charge in [-0.2, -0.15) is 0 Å². The van der Waals surface area contributed by atoms with Gasteiger partial charge in [-0.3, -0.25) is 4.98 Å². The Bertz CT molecular complexity index is 476. The molecule has 1 amide bonds. The van der Waals surface area contributed by atoms with Crippen LogP contribution >= 0.6 is 0 Å². The average Bonchev–Trinajstić information content (AvgIpc) is 2.36. The highest BCUT2D eigenvalue weighted by Crippen LogP contribution is 2.21. The summed E-state index contributed by atoms with van der Waals surface area (Å²) in [4.78, 5) is 17.7. The summed E-state index contributed by atoms with van der Waals surface area (Å²) in [6.07, 6.45) is 2.18. The van der Waals surface area contributed by atoms with Gasteiger partial charge in [0, 0.05) is 25.7 Å². The zero-order valence-electron chi connectivity index (χ0n) is 12.7. The van der Waals surface area contributed by atoms with Gasteiger partial charge in [0.25, 0.3) is 0 Å². The zero-order chi connectivity index (χ0) is 15.5. The SMILES string of the molecule is CC(C)(C)OC(=O)N[C@H]1C[C@H](F)CN(c2cccnc2)C1. The molecular weight excluding hydrogens is 273 g/mol. The number of alkyl halides is 1. The average molecular weight is 295 g/mol. The number of nitrogens with one attached hydrogen (secondary N) is 1. The van der Waals surface area contributed by atoms with E-state index in [1.807, 2.05) is 17.0 Å². The Morgan fingerprint density at radius 3 is 2.86 bits per heavy atom. The van der Waals surface area contributed by atoms with E-state index in [0.29, 0.717) is 19.5 Å². The van der Waals surface area contributed by atoms with E-state index in [0.717, 1.165) is 5.69 Å². The third-order valence-electron chi connectivity index (χ3n) is 3.13. The third-order valence-corrected chi connectivity index (χ3v) is 3.13. The van der Waals surface area contributed by atoms with E-state index >= 15 is 0 Å². The smallest absolute Gasteiger partial charge is 0.407 e. The van der Waals surface area contributed by atoms with Crippen molar-refractivity contribution in [1.29, 1.82) is 0 Å². The lowest BCUT2D eigenvalue weighted by atomic mass is 10.0. The number of alkyl carbamates (subject to hydrolysis) is 1. The molecule has 21 heavy (non-hydrogen) atoms. The number of ether oxygens (including phenoxy) is 1. The van der Waals surface area contributed by atoms with Crippen molar-refractivity contribution in [2.24, 2.45) is 0 Å². The summed E-state index contributed by atoms with van der Waals surface area (Å²) in [5.41, 5.74) is 0.299. The minimum atomic E-state index is -0.987. The Morgan fingerprint density at radius 2 is 2.24 bits per heavy atom. The largest absolute Gasteiger partial charge is 0.444 e. The van der Waals surface area contributed by atoms with E-state index in [1.54, 1.807) is 33.2 Å². The van der Waals surface area contributed by atoms with Crippen molar-refractivity contribution >= 4 is 11.8 Å². The second-order valence-electron chi connectivity index (χ2n) is 6.29. The standard InChI is InChI=1S/C15H22FN3O2/c1-15(2,3)21-14(20)18-12-7-11(16)9-19(10-12)13-5-4-6-17-8-13/h4-6,8,11-12H,7,9-10H2,1-3H3,(H,18,20)/t11-,12-/m0/s1. The van der Waals surface area contributed by atoms with Gasteiger partial charge < -0.3 is 15.0 Å². The van der Waals surface area contributed by atoms with E-state index in [1.165, 1.54) is 0 Å². The van der Waals surface area contributed by atoms with Crippen LogP contribution in [0.25, 0.3) is 0 Å². The molecule has 0 saturated carbocycles. The molecule has 2 rings (SSSR count). The summed E-state index contributed by atoms with van der Waals surface area (Å²) < 4.78 is 19.1. The van der Waals surface area contributed by atoms with Crippen LogP contribution in [0.15, 0.2) is 24.5 Å². The Morgan fingerprint density at radius 1 is 1.48 bits per heavy atom. The van der Waals surface area contributed by atoms with Gasteiger partial charge in [-0.15, -0.1) is 0 Å². The maximum absolute atomic E-state index is 13.9. The fraction of sp³-hybridized carbons (Fsp3) is 0.600. The van der Waals surface area contributed by atoms with Gasteiger partial charge >= 0.3 is 6.09 Å². The number of amides is 1. The number of rotatable bonds is 2. The number of piperidine rings is 1. The van der Waals surface area contributed by atoms with E-state index < -0.39 is 17.9 Å². The number of hydrogen-bond acceptors (Lipinski definition) is 4. The Kier molecular flexibility index (Phi) is 4.65. The molecule has 1 aromatic rings. The summed E-state index contributed by atoms with van der Waals surface area (Å²) >= 11 is 0. The van der Waals surface area contributed by atoms with E-state index in [9.17, 15) is 9.18 Å². The van der Waals surface area contributed by atoms with Crippen LogP contribution in [-0.2, 0) is 4.74 Å². The quantitative estimate of drug-likeness (QED) is 0.911. The van der Waals surface area contributed by atoms with Crippen LogP contribution in [0.5, 0.6) is 0 Å². The van der Waals surface area contributed by atoms with Gasteiger partial charge in [0.15, 0.2) is 0 Å². The van der Waals surface area contributed by atoms with Crippen LogP contribution < -0.4 is 10.2 Å². The first-order chi connectivity index (χ1) is 9.83. The van der Waals surface area contributed by atoms with Gasteiger partial charge in [-0.25, -0.2) is 9.18 Å². The molecule has 1 saturated heterocycles. The van der Waals surface area contributed by atoms with Gasteiger partial charge in [-0.1, -0.05) is 0 Å². The van der Waals surface area contributed by atoms with Crippen molar-refractivity contribution in [2.75, 3.05) is 18.0 Å². The lowest BCUT2D eigenvalue weighted by Crippen LogP contribution is -2.52. The molecule has 0 aliphatic carbocycles. The summed E-state index contributed by atoms with van der Waals surface area (Å²) in [7, 11) is 0. The summed E-state index contributed by atoms with van der Waals surface area (Å²) in [6.45, 7) is 6.26. The number of hydrogen-bond donors (Lipinski definition) is 1. The number of nitrogens with zero attached hydrogens (tertiary/aromatic N) is 2. The first-order valence-corrected chi connectivity index (χ1v) is 7.12. The molecule has 2 atom stereocenters. The lowest BCUT2D eigenvalue weighted by Gasteiger charge is -2.36. The van der Waals surface area contributed by atoms with Gasteiger partial charge in [0.05, 0.1) is 17.9 Å². The predicted octanol–water partition coefficient (Wildman–Crippen LogP) is 2.52. The molecule has 116 valence electrons. The normalized spacial score (nSPS) is 22.8. The molecule has 1 aliphatic heterocycles. The van der Waals surface area contributed by atoms with Gasteiger partial charge in [0.2, 0.25) is 0 Å². The van der Waals surface area contributed by atoms with Crippen LogP contribution in [0.3, 0.4) is 0 Å². The second kappa shape index (κ2) is 6.28. The minimum Gasteiger partial charge on any atom is -0.444 e. The molecular formula is C15H22FN3O2. The number of carbonyl (C=O) groups excluding carboxylic acids is 1. The number of pyridine rings is 1. The highest BCUT2D eigenvalue weighted by atomic mass is 19.1. The molecule has 1 aromatic heterocycles. The topological polar surface area (TPSA) is 54.5 Å². The van der Waals surface area contributed by atoms with Crippen molar-refractivity contribution in [3.8, 4) is 0 Å². The van der Waals surface area contributed by atoms with Gasteiger partial charge in [0.1, 0.15) is 11.8 Å². The Hall–Kier alpha value is -1.85. The highest BCUT2D eigenvalue weighted by molar-refractivity contribution is 5.68. The minimum absolute atomic E-state index is 0.274. The van der Waals surface area contributed by atoms with Crippen LogP contribution in [0, 0.1) is 0 Å². The maximum Gasteiger partial charge on any atom is 0.407 e. The maximum atomic E-state index is 13.9. The second-order valence-corrected chi connectivity index (χ2v) is 6.29. The van der Waals surface area contributed by atoms with Crippen LogP contribution in [0.4, 0.5) is 14.9 Å². The van der Waals surface area contributed by atoms with Crippen LogP contribution in [-0.4, -0.2) is 42.0 Å². The first-order valence-electron chi connectivity index (χ1n) is 7.12. The van der Waals surface area contributed by atoms with Gasteiger partial charge in [-0.05, 0) is 32.9 Å². The molecule has 0 spiro atoms. The van der Waals surface area contributed by atoms with Crippen molar-refractivity contribution in [3.63, 3.8) is 0 Å². The van der Waals surface area contributed by atoms with E-state index in [-0.39, 0.29) is 6.04 Å². The van der Waals surface area contributed by atoms with Crippen molar-refractivity contribution in [1.82, 2.24) is 10.3 Å². The monoisotopic (exact) mass is 295 g/mol. The Balaban J connectivity index is 1.96. The van der Waals surface area contributed by atoms with E-state index in [4.69, 9.17) is 4.74 Å². The number of anilines is 1. The molecule has 0 unspecified atom stereocenters. The number of carbonyl (C=O) groups is 1. The molecule has 6 heteroatoms. The summed E-state index contributed by atoms with van der Waals surface area (Å²) in [5.74, 6) is 0. The number of aromatic nitrogens is 1. The third kappa shape index (κ3) is 4.88. The number of halogens is 1. The van der Waals surface area contributed by atoms with Crippen LogP contribution in [0.1, 0.15) is 27.2 Å². The van der Waals surface area contributed by atoms with Crippen molar-refractivity contribution < 1.29 is 13.9 Å². The molecule has 1 aliphatic rings. The van der Waals surface area contributed by atoms with Crippen molar-refractivity contribution in [3.05, 3.63) is 24.5 Å². The Labute approximate surface area is 124 Å². The van der Waals surface area contributed by atoms with Crippen molar-refractivity contribution in [2.45, 2.75) is 45.0 Å². The molecule has 1 N–H and O–H groups in total. The van der Waals surface area contributed by atoms with E-state index in [2.05, 4.69) is 10.3 Å². The molecule has 5 nitrogen and oxygen atoms in total. The molecule has 0 aromatic carbocycles. The summed E-state index contributed by atoms with van der Waals surface area (Å²) in [6, 6.07) is 3.42. The highest BCUT2D eigenvalue weighted by Gasteiger charge is 2.29. The zero-order valence-corrected chi connectivity index (χ0v) is 12.7. The fourth-order valence-electron chi connectivity index (χ4n) is 2.37. The molecule has 0 bridgehead atoms. The first kappa shape index (κ1) is 15.5. The summed E-state index contributed by atoms with van der Waals surface area (Å²) in [5, 5.41) is 2.74.